The summed E-state index contributed by atoms with van der Waals surface area (Å²) in [4.78, 5) is 15.6. The van der Waals surface area contributed by atoms with Crippen LogP contribution in [0.3, 0.4) is 0 Å². The monoisotopic (exact) mass is 398 g/mol. The van der Waals surface area contributed by atoms with Gasteiger partial charge in [0.05, 0.1) is 29.8 Å². The second kappa shape index (κ2) is 8.03. The molecule has 0 unspecified atom stereocenters. The summed E-state index contributed by atoms with van der Waals surface area (Å²) in [7, 11) is 0. The maximum Gasteiger partial charge on any atom is 0.320 e. The number of aromatic nitrogens is 5. The Morgan fingerprint density at radius 1 is 1.35 bits per heavy atom. The molecule has 10 heteroatoms. The number of imidazole rings is 1. The minimum atomic E-state index is -0.821. The average molecular weight is 399 g/mol. The summed E-state index contributed by atoms with van der Waals surface area (Å²) < 4.78 is 3.87. The number of aryl methyl sites for hydroxylation is 1. The molecule has 2 atom stereocenters. The zero-order valence-corrected chi connectivity index (χ0v) is 15.7. The van der Waals surface area contributed by atoms with E-state index >= 15 is 0 Å². The van der Waals surface area contributed by atoms with Crippen molar-refractivity contribution in [2.24, 2.45) is 0 Å². The minimum absolute atomic E-state index is 0. The van der Waals surface area contributed by atoms with E-state index in [1.165, 1.54) is 0 Å². The van der Waals surface area contributed by atoms with Gasteiger partial charge in [-0.25, -0.2) is 9.67 Å². The maximum atomic E-state index is 11.0. The third kappa shape index (κ3) is 3.67. The lowest BCUT2D eigenvalue weighted by Crippen LogP contribution is -2.29. The molecule has 4 rings (SSSR count). The third-order valence-electron chi connectivity index (χ3n) is 4.50. The summed E-state index contributed by atoms with van der Waals surface area (Å²) in [5, 5.41) is 20.5. The van der Waals surface area contributed by atoms with Gasteiger partial charge < -0.3 is 15.0 Å². The first-order chi connectivity index (χ1) is 11.6. The summed E-state index contributed by atoms with van der Waals surface area (Å²) in [5.41, 5.74) is 2.87. The van der Waals surface area contributed by atoms with E-state index in [0.717, 1.165) is 22.6 Å². The smallest absolute Gasteiger partial charge is 0.320 e. The van der Waals surface area contributed by atoms with Crippen molar-refractivity contribution in [3.63, 3.8) is 0 Å². The molecule has 3 aromatic rings. The number of carboxylic acids is 1. The summed E-state index contributed by atoms with van der Waals surface area (Å²) in [6.07, 6.45) is 2.41. The average Bonchev–Trinajstić information content (AvgIpc) is 3.27. The summed E-state index contributed by atoms with van der Waals surface area (Å²) in [6.45, 7) is 3.16. The number of aliphatic carboxylic acids is 1. The van der Waals surface area contributed by atoms with Gasteiger partial charge in [-0.15, -0.1) is 29.9 Å². The molecule has 8 nitrogen and oxygen atoms in total. The van der Waals surface area contributed by atoms with Crippen LogP contribution in [0, 0.1) is 6.92 Å². The molecule has 2 aromatic heterocycles. The zero-order chi connectivity index (χ0) is 16.7. The van der Waals surface area contributed by atoms with Crippen molar-refractivity contribution < 1.29 is 9.90 Å². The Morgan fingerprint density at radius 2 is 2.12 bits per heavy atom. The van der Waals surface area contributed by atoms with E-state index in [0.29, 0.717) is 19.5 Å². The molecule has 140 valence electrons. The van der Waals surface area contributed by atoms with Gasteiger partial charge in [0.2, 0.25) is 0 Å². The van der Waals surface area contributed by atoms with Gasteiger partial charge in [-0.3, -0.25) is 4.79 Å². The number of rotatable bonds is 4. The molecule has 0 radical (unpaired) electrons. The normalized spacial score (nSPS) is 19.1. The van der Waals surface area contributed by atoms with Gasteiger partial charge in [-0.2, -0.15) is 0 Å². The van der Waals surface area contributed by atoms with E-state index < -0.39 is 12.0 Å². The van der Waals surface area contributed by atoms with E-state index in [-0.39, 0.29) is 30.9 Å². The molecule has 0 amide bonds. The van der Waals surface area contributed by atoms with Crippen LogP contribution in [0.2, 0.25) is 0 Å². The summed E-state index contributed by atoms with van der Waals surface area (Å²) in [6, 6.07) is 7.51. The molecule has 3 heterocycles. The van der Waals surface area contributed by atoms with Crippen LogP contribution in [-0.2, 0) is 11.3 Å². The molecule has 1 saturated heterocycles. The maximum absolute atomic E-state index is 11.0. The number of hydrogen-bond acceptors (Lipinski definition) is 5. The molecule has 1 fully saturated rings. The molecular weight excluding hydrogens is 379 g/mol. The number of carboxylic acid groups (broad SMARTS) is 1. The predicted molar refractivity (Wildman–Crippen MR) is 101 cm³/mol. The number of benzene rings is 1. The number of fused-ring (bicyclic) bond motifs is 1. The number of halogens is 2. The van der Waals surface area contributed by atoms with Crippen molar-refractivity contribution in [2.45, 2.75) is 32.0 Å². The van der Waals surface area contributed by atoms with Crippen molar-refractivity contribution in [1.82, 2.24) is 29.9 Å². The van der Waals surface area contributed by atoms with Gasteiger partial charge in [0.15, 0.2) is 0 Å². The molecule has 0 aliphatic carbocycles. The van der Waals surface area contributed by atoms with Gasteiger partial charge in [0.25, 0.3) is 0 Å². The van der Waals surface area contributed by atoms with E-state index in [2.05, 4.69) is 25.2 Å². The zero-order valence-electron chi connectivity index (χ0n) is 14.1. The van der Waals surface area contributed by atoms with E-state index in [1.54, 1.807) is 4.68 Å². The van der Waals surface area contributed by atoms with Crippen LogP contribution in [-0.4, -0.2) is 48.2 Å². The molecule has 1 aliphatic heterocycles. The van der Waals surface area contributed by atoms with Gasteiger partial charge >= 0.3 is 5.97 Å². The van der Waals surface area contributed by atoms with Crippen molar-refractivity contribution in [2.75, 3.05) is 6.54 Å². The number of hydrogen-bond donors (Lipinski definition) is 2. The Hall–Kier alpha value is -2.16. The summed E-state index contributed by atoms with van der Waals surface area (Å²) in [5.74, 6) is 0.109. The van der Waals surface area contributed by atoms with Gasteiger partial charge in [0, 0.05) is 6.54 Å². The van der Waals surface area contributed by atoms with Crippen LogP contribution >= 0.6 is 24.8 Å². The lowest BCUT2D eigenvalue weighted by Gasteiger charge is -2.07. The van der Waals surface area contributed by atoms with Crippen molar-refractivity contribution in [1.29, 1.82) is 0 Å². The van der Waals surface area contributed by atoms with Crippen molar-refractivity contribution in [3.05, 3.63) is 42.0 Å². The van der Waals surface area contributed by atoms with Gasteiger partial charge in [-0.05, 0) is 25.5 Å². The van der Waals surface area contributed by atoms with E-state index in [9.17, 15) is 4.79 Å². The van der Waals surface area contributed by atoms with Crippen LogP contribution in [0.1, 0.15) is 24.0 Å². The van der Waals surface area contributed by atoms with E-state index in [1.807, 2.05) is 37.4 Å². The van der Waals surface area contributed by atoms with Crippen LogP contribution in [0.4, 0.5) is 0 Å². The highest BCUT2D eigenvalue weighted by Crippen LogP contribution is 2.20. The molecule has 0 saturated carbocycles. The van der Waals surface area contributed by atoms with Crippen LogP contribution < -0.4 is 5.32 Å². The number of nitrogens with zero attached hydrogens (tertiary/aromatic N) is 5. The SMILES string of the molecule is Cc1nc2ccccc2n1Cc1cn([C@@H]2CN[C@H](C(=O)O)C2)nn1.Cl.Cl. The van der Waals surface area contributed by atoms with Crippen molar-refractivity contribution in [3.8, 4) is 0 Å². The second-order valence-electron chi connectivity index (χ2n) is 6.11. The first kappa shape index (κ1) is 20.2. The van der Waals surface area contributed by atoms with Crippen LogP contribution in [0.15, 0.2) is 30.5 Å². The molecule has 26 heavy (non-hydrogen) atoms. The molecule has 2 N–H and O–H groups in total. The highest BCUT2D eigenvalue weighted by atomic mass is 35.5. The fourth-order valence-electron chi connectivity index (χ4n) is 3.23. The minimum Gasteiger partial charge on any atom is -0.480 e. The van der Waals surface area contributed by atoms with Crippen LogP contribution in [0.25, 0.3) is 11.0 Å². The Kier molecular flexibility index (Phi) is 6.22. The largest absolute Gasteiger partial charge is 0.480 e. The fourth-order valence-corrected chi connectivity index (χ4v) is 3.23. The Bertz CT molecular complexity index is 909. The molecule has 0 spiro atoms. The fraction of sp³-hybridized carbons (Fsp3) is 0.375. The Morgan fingerprint density at radius 3 is 2.85 bits per heavy atom. The number of nitrogens with one attached hydrogen (secondary N) is 1. The van der Waals surface area contributed by atoms with Crippen molar-refractivity contribution >= 4 is 41.8 Å². The molecular formula is C16H20Cl2N6O2. The number of para-hydroxylation sites is 2. The van der Waals surface area contributed by atoms with Gasteiger partial charge in [-0.1, -0.05) is 17.3 Å². The van der Waals surface area contributed by atoms with E-state index in [4.69, 9.17) is 5.11 Å². The van der Waals surface area contributed by atoms with Gasteiger partial charge in [0.1, 0.15) is 17.6 Å². The highest BCUT2D eigenvalue weighted by molar-refractivity contribution is 5.85. The first-order valence-electron chi connectivity index (χ1n) is 7.90. The Labute approximate surface area is 162 Å². The molecule has 1 aromatic carbocycles. The Balaban J connectivity index is 0.00000121. The lowest BCUT2D eigenvalue weighted by molar-refractivity contribution is -0.139. The predicted octanol–water partition coefficient (Wildman–Crippen LogP) is 1.82. The molecule has 0 bridgehead atoms. The first-order valence-corrected chi connectivity index (χ1v) is 7.90. The quantitative estimate of drug-likeness (QED) is 0.695. The number of carbonyl (C=O) groups is 1. The topological polar surface area (TPSA) is 97.9 Å². The van der Waals surface area contributed by atoms with Crippen LogP contribution in [0.5, 0.6) is 0 Å². The lowest BCUT2D eigenvalue weighted by atomic mass is 10.2. The standard InChI is InChI=1S/C16H18N6O2.2ClH/c1-10-18-13-4-2-3-5-15(13)21(10)8-11-9-22(20-19-11)12-6-14(16(23)24)17-7-12;;/h2-5,9,12,14,17H,6-8H2,1H3,(H,23,24);2*1H/t12-,14-;;/m0../s1. The second-order valence-corrected chi connectivity index (χ2v) is 6.11. The third-order valence-corrected chi connectivity index (χ3v) is 4.50. The molecule has 1 aliphatic rings. The summed E-state index contributed by atoms with van der Waals surface area (Å²) >= 11 is 0. The highest BCUT2D eigenvalue weighted by Gasteiger charge is 2.30.